The molecule has 1 aromatic rings. The van der Waals surface area contributed by atoms with E-state index >= 15 is 0 Å². The minimum atomic E-state index is -0.365. The molecule has 2 N–H and O–H groups in total. The zero-order valence-corrected chi connectivity index (χ0v) is 12.0. The normalized spacial score (nSPS) is 25.9. The first-order valence-electron chi connectivity index (χ1n) is 7.49. The van der Waals surface area contributed by atoms with Gasteiger partial charge >= 0.3 is 0 Å². The number of amides is 1. The minimum Gasteiger partial charge on any atom is -0.371 e. The van der Waals surface area contributed by atoms with Crippen LogP contribution in [-0.2, 0) is 11.2 Å². The number of ether oxygens (including phenoxy) is 1. The van der Waals surface area contributed by atoms with Crippen LogP contribution in [0.15, 0.2) is 18.2 Å². The molecule has 1 heterocycles. The summed E-state index contributed by atoms with van der Waals surface area (Å²) in [4.78, 5) is 13.9. The number of carbonyl (C=O) groups excluding carboxylic acids is 1. The second-order valence-corrected chi connectivity index (χ2v) is 5.71. The Bertz CT molecular complexity index is 513. The molecule has 20 heavy (non-hydrogen) atoms. The molecule has 108 valence electrons. The molecule has 3 rings (SSSR count). The summed E-state index contributed by atoms with van der Waals surface area (Å²) in [7, 11) is 0. The fourth-order valence-corrected chi connectivity index (χ4v) is 3.51. The Morgan fingerprint density at radius 1 is 1.50 bits per heavy atom. The van der Waals surface area contributed by atoms with Crippen molar-refractivity contribution in [3.8, 4) is 0 Å². The Morgan fingerprint density at radius 3 is 3.10 bits per heavy atom. The largest absolute Gasteiger partial charge is 0.371 e. The summed E-state index contributed by atoms with van der Waals surface area (Å²) in [5.74, 6) is -0.365. The number of rotatable bonds is 3. The summed E-state index contributed by atoms with van der Waals surface area (Å²) in [5, 5.41) is 0. The van der Waals surface area contributed by atoms with E-state index in [1.54, 1.807) is 0 Å². The zero-order chi connectivity index (χ0) is 14.1. The van der Waals surface area contributed by atoms with Gasteiger partial charge in [-0.05, 0) is 49.1 Å². The van der Waals surface area contributed by atoms with Crippen LogP contribution in [0.5, 0.6) is 0 Å². The van der Waals surface area contributed by atoms with Gasteiger partial charge in [-0.25, -0.2) is 0 Å². The average molecular weight is 274 g/mol. The summed E-state index contributed by atoms with van der Waals surface area (Å²) in [6.45, 7) is 5.11. The molecule has 1 fully saturated rings. The van der Waals surface area contributed by atoms with Crippen molar-refractivity contribution in [2.24, 2.45) is 5.73 Å². The number of morpholine rings is 1. The van der Waals surface area contributed by atoms with Gasteiger partial charge in [0.25, 0.3) is 0 Å². The molecule has 4 heteroatoms. The van der Waals surface area contributed by atoms with E-state index in [9.17, 15) is 4.79 Å². The molecule has 1 saturated heterocycles. The van der Waals surface area contributed by atoms with Crippen molar-refractivity contribution in [3.63, 3.8) is 0 Å². The van der Waals surface area contributed by atoms with Crippen LogP contribution in [-0.4, -0.2) is 36.5 Å². The van der Waals surface area contributed by atoms with Gasteiger partial charge in [-0.3, -0.25) is 9.69 Å². The number of fused-ring (bicyclic) bond motifs is 3. The summed E-state index contributed by atoms with van der Waals surface area (Å²) >= 11 is 0. The lowest BCUT2D eigenvalue weighted by molar-refractivity contribution is -0.0801. The topological polar surface area (TPSA) is 55.6 Å². The predicted molar refractivity (Wildman–Crippen MR) is 77.6 cm³/mol. The van der Waals surface area contributed by atoms with Crippen LogP contribution in [0.3, 0.4) is 0 Å². The highest BCUT2D eigenvalue weighted by molar-refractivity contribution is 5.93. The van der Waals surface area contributed by atoms with Crippen LogP contribution < -0.4 is 5.73 Å². The standard InChI is InChI=1S/C16H22N2O2/c1-2-7-18-8-9-20-15-13-10-12(16(17)19)4-3-11(13)5-6-14(15)18/h3-4,10,14-15H,2,5-9H2,1H3,(H2,17,19)/t14-,15-/m0/s1. The third-order valence-electron chi connectivity index (χ3n) is 4.45. The summed E-state index contributed by atoms with van der Waals surface area (Å²) in [5.41, 5.74) is 8.45. The minimum absolute atomic E-state index is 0.0957. The first-order valence-corrected chi connectivity index (χ1v) is 7.49. The summed E-state index contributed by atoms with van der Waals surface area (Å²) < 4.78 is 6.03. The van der Waals surface area contributed by atoms with Crippen LogP contribution in [0.25, 0.3) is 0 Å². The van der Waals surface area contributed by atoms with E-state index in [4.69, 9.17) is 10.5 Å². The van der Waals surface area contributed by atoms with Gasteiger partial charge in [0.2, 0.25) is 5.91 Å². The third-order valence-corrected chi connectivity index (χ3v) is 4.45. The monoisotopic (exact) mass is 274 g/mol. The first kappa shape index (κ1) is 13.6. The molecule has 1 aromatic carbocycles. The van der Waals surface area contributed by atoms with Crippen molar-refractivity contribution < 1.29 is 9.53 Å². The Hall–Kier alpha value is -1.39. The lowest BCUT2D eigenvalue weighted by Crippen LogP contribution is -2.49. The summed E-state index contributed by atoms with van der Waals surface area (Å²) in [6.07, 6.45) is 3.45. The van der Waals surface area contributed by atoms with Gasteiger partial charge < -0.3 is 10.5 Å². The fourth-order valence-electron chi connectivity index (χ4n) is 3.51. The molecule has 1 amide bonds. The van der Waals surface area contributed by atoms with E-state index in [0.717, 1.165) is 39.0 Å². The van der Waals surface area contributed by atoms with E-state index in [-0.39, 0.29) is 12.0 Å². The van der Waals surface area contributed by atoms with Gasteiger partial charge in [-0.2, -0.15) is 0 Å². The summed E-state index contributed by atoms with van der Waals surface area (Å²) in [6, 6.07) is 6.24. The van der Waals surface area contributed by atoms with E-state index in [2.05, 4.69) is 11.8 Å². The van der Waals surface area contributed by atoms with Crippen molar-refractivity contribution in [2.45, 2.75) is 38.3 Å². The fraction of sp³-hybridized carbons (Fsp3) is 0.562. The van der Waals surface area contributed by atoms with Crippen LogP contribution in [0, 0.1) is 0 Å². The number of primary amides is 1. The molecular formula is C16H22N2O2. The lowest BCUT2D eigenvalue weighted by atomic mass is 9.83. The van der Waals surface area contributed by atoms with Gasteiger partial charge in [0, 0.05) is 18.2 Å². The quantitative estimate of drug-likeness (QED) is 0.915. The highest BCUT2D eigenvalue weighted by Gasteiger charge is 2.37. The maximum atomic E-state index is 11.4. The highest BCUT2D eigenvalue weighted by Crippen LogP contribution is 2.38. The molecule has 1 aliphatic carbocycles. The lowest BCUT2D eigenvalue weighted by Gasteiger charge is -2.44. The molecule has 0 spiro atoms. The van der Waals surface area contributed by atoms with Gasteiger partial charge in [0.15, 0.2) is 0 Å². The zero-order valence-electron chi connectivity index (χ0n) is 12.0. The van der Waals surface area contributed by atoms with Gasteiger partial charge in [0.1, 0.15) is 0 Å². The van der Waals surface area contributed by atoms with Crippen LogP contribution in [0.1, 0.15) is 47.4 Å². The smallest absolute Gasteiger partial charge is 0.248 e. The van der Waals surface area contributed by atoms with E-state index < -0.39 is 0 Å². The highest BCUT2D eigenvalue weighted by atomic mass is 16.5. The first-order chi connectivity index (χ1) is 9.70. The molecule has 0 radical (unpaired) electrons. The Kier molecular flexibility index (Phi) is 3.76. The maximum absolute atomic E-state index is 11.4. The second kappa shape index (κ2) is 5.54. The van der Waals surface area contributed by atoms with Gasteiger partial charge in [-0.1, -0.05) is 13.0 Å². The van der Waals surface area contributed by atoms with Crippen molar-refractivity contribution in [1.29, 1.82) is 0 Å². The van der Waals surface area contributed by atoms with Crippen LogP contribution >= 0.6 is 0 Å². The van der Waals surface area contributed by atoms with Gasteiger partial charge in [-0.15, -0.1) is 0 Å². The maximum Gasteiger partial charge on any atom is 0.248 e. The second-order valence-electron chi connectivity index (χ2n) is 5.71. The third kappa shape index (κ3) is 2.34. The number of aryl methyl sites for hydroxylation is 1. The van der Waals surface area contributed by atoms with E-state index in [0.29, 0.717) is 11.6 Å². The van der Waals surface area contributed by atoms with Crippen LogP contribution in [0.4, 0.5) is 0 Å². The van der Waals surface area contributed by atoms with E-state index in [1.807, 2.05) is 18.2 Å². The van der Waals surface area contributed by atoms with E-state index in [1.165, 1.54) is 11.1 Å². The van der Waals surface area contributed by atoms with Crippen molar-refractivity contribution >= 4 is 5.91 Å². The average Bonchev–Trinajstić information content (AvgIpc) is 2.47. The molecule has 0 bridgehead atoms. The number of hydrogen-bond donors (Lipinski definition) is 1. The molecule has 2 aliphatic rings. The molecule has 1 aliphatic heterocycles. The number of benzene rings is 1. The van der Waals surface area contributed by atoms with Crippen molar-refractivity contribution in [3.05, 3.63) is 34.9 Å². The number of nitrogens with two attached hydrogens (primary N) is 1. The van der Waals surface area contributed by atoms with Gasteiger partial charge in [0.05, 0.1) is 12.7 Å². The Balaban J connectivity index is 1.93. The molecular weight excluding hydrogens is 252 g/mol. The predicted octanol–water partition coefficient (Wildman–Crippen LogP) is 1.88. The molecule has 2 atom stereocenters. The number of carbonyl (C=O) groups is 1. The Labute approximate surface area is 119 Å². The molecule has 0 saturated carbocycles. The molecule has 0 aromatic heterocycles. The van der Waals surface area contributed by atoms with Crippen molar-refractivity contribution in [1.82, 2.24) is 4.90 Å². The molecule has 4 nitrogen and oxygen atoms in total. The van der Waals surface area contributed by atoms with Crippen molar-refractivity contribution in [2.75, 3.05) is 19.7 Å². The SMILES string of the molecule is CCCN1CCO[C@H]2c3cc(C(N)=O)ccc3CC[C@@H]21. The van der Waals surface area contributed by atoms with Crippen LogP contribution in [0.2, 0.25) is 0 Å². The number of hydrogen-bond acceptors (Lipinski definition) is 3. The number of nitrogens with zero attached hydrogens (tertiary/aromatic N) is 1. The Morgan fingerprint density at radius 2 is 2.35 bits per heavy atom. The molecule has 0 unspecified atom stereocenters.